The van der Waals surface area contributed by atoms with Crippen LogP contribution in [0.25, 0.3) is 6.08 Å². The summed E-state index contributed by atoms with van der Waals surface area (Å²) >= 11 is 0. The van der Waals surface area contributed by atoms with Crippen molar-refractivity contribution in [2.75, 3.05) is 0 Å². The monoisotopic (exact) mass is 351 g/mol. The summed E-state index contributed by atoms with van der Waals surface area (Å²) < 4.78 is 5.36. The van der Waals surface area contributed by atoms with Gasteiger partial charge in [-0.15, -0.1) is 0 Å². The lowest BCUT2D eigenvalue weighted by molar-refractivity contribution is -0.384. The molecule has 0 fully saturated rings. The molecule has 6 heteroatoms. The molecule has 0 amide bonds. The highest BCUT2D eigenvalue weighted by atomic mass is 16.6. The molecule has 0 heterocycles. The number of non-ortho nitro benzene ring substituents is 1. The maximum Gasteiger partial charge on any atom is 0.336 e. The Morgan fingerprint density at radius 1 is 1.23 bits per heavy atom. The van der Waals surface area contributed by atoms with Crippen LogP contribution in [0.5, 0.6) is 5.75 Å². The largest absolute Gasteiger partial charge is 0.423 e. The number of hydrogen-bond donors (Lipinski definition) is 0. The number of rotatable bonds is 4. The van der Waals surface area contributed by atoms with Gasteiger partial charge in [0.25, 0.3) is 5.69 Å². The second-order valence-corrected chi connectivity index (χ2v) is 6.12. The van der Waals surface area contributed by atoms with Crippen LogP contribution >= 0.6 is 0 Å². The molecule has 0 radical (unpaired) electrons. The molecule has 0 saturated heterocycles. The first-order chi connectivity index (χ1) is 12.5. The molecule has 1 aliphatic rings. The van der Waals surface area contributed by atoms with Gasteiger partial charge in [0.2, 0.25) is 0 Å². The molecule has 0 aromatic heterocycles. The van der Waals surface area contributed by atoms with Crippen molar-refractivity contribution < 1.29 is 19.2 Å². The molecule has 0 spiro atoms. The van der Waals surface area contributed by atoms with Gasteiger partial charge in [0.05, 0.1) is 10.5 Å². The predicted octanol–water partition coefficient (Wildman–Crippen LogP) is 4.04. The number of fused-ring (bicyclic) bond motifs is 1. The average molecular weight is 351 g/mol. The Hall–Kier alpha value is -3.28. The number of carbonyl (C=O) groups excluding carboxylic acids is 2. The number of aryl methyl sites for hydroxylation is 1. The SMILES string of the molecule is Cc1ccc(OC(=O)/C=C/c2cccc([N+](=O)[O-])c2)c2c1CCCC2=O. The summed E-state index contributed by atoms with van der Waals surface area (Å²) in [5.74, 6) is -0.384. The second-order valence-electron chi connectivity index (χ2n) is 6.12. The van der Waals surface area contributed by atoms with Crippen molar-refractivity contribution in [2.24, 2.45) is 0 Å². The number of hydrogen-bond acceptors (Lipinski definition) is 5. The van der Waals surface area contributed by atoms with E-state index in [0.717, 1.165) is 24.0 Å². The molecule has 2 aromatic carbocycles. The van der Waals surface area contributed by atoms with Crippen LogP contribution in [0.4, 0.5) is 5.69 Å². The lowest BCUT2D eigenvalue weighted by Gasteiger charge is -2.19. The van der Waals surface area contributed by atoms with Crippen molar-refractivity contribution >= 4 is 23.5 Å². The minimum absolute atomic E-state index is 0.0135. The Labute approximate surface area is 150 Å². The summed E-state index contributed by atoms with van der Waals surface area (Å²) in [6.45, 7) is 1.94. The number of benzene rings is 2. The first kappa shape index (κ1) is 17.5. The highest BCUT2D eigenvalue weighted by molar-refractivity contribution is 6.02. The summed E-state index contributed by atoms with van der Waals surface area (Å²) in [6, 6.07) is 9.40. The first-order valence-corrected chi connectivity index (χ1v) is 8.26. The van der Waals surface area contributed by atoms with Crippen molar-refractivity contribution in [3.05, 3.63) is 74.8 Å². The molecule has 2 aromatic rings. The van der Waals surface area contributed by atoms with Crippen molar-refractivity contribution in [1.29, 1.82) is 0 Å². The van der Waals surface area contributed by atoms with E-state index >= 15 is 0 Å². The highest BCUT2D eigenvalue weighted by Crippen LogP contribution is 2.32. The molecule has 0 saturated carbocycles. The Morgan fingerprint density at radius 3 is 2.81 bits per heavy atom. The van der Waals surface area contributed by atoms with E-state index in [0.29, 0.717) is 17.5 Å². The molecule has 132 valence electrons. The minimum atomic E-state index is -0.638. The van der Waals surface area contributed by atoms with Crippen molar-refractivity contribution in [3.8, 4) is 5.75 Å². The summed E-state index contributed by atoms with van der Waals surface area (Å²) in [4.78, 5) is 34.7. The van der Waals surface area contributed by atoms with Gasteiger partial charge in [0, 0.05) is 24.6 Å². The van der Waals surface area contributed by atoms with Crippen LogP contribution in [0.15, 0.2) is 42.5 Å². The van der Waals surface area contributed by atoms with Crippen LogP contribution in [0, 0.1) is 17.0 Å². The molecule has 0 bridgehead atoms. The number of nitro benzene ring substituents is 1. The van der Waals surface area contributed by atoms with Crippen LogP contribution < -0.4 is 4.74 Å². The molecular formula is C20H17NO5. The standard InChI is InChI=1S/C20H17NO5/c1-13-8-10-18(20-16(13)6-3-7-17(20)22)26-19(23)11-9-14-4-2-5-15(12-14)21(24)25/h2,4-5,8-12H,3,6-7H2,1H3/b11-9+. The van der Waals surface area contributed by atoms with Crippen LogP contribution in [0.1, 0.15) is 39.9 Å². The van der Waals surface area contributed by atoms with Crippen LogP contribution in [-0.4, -0.2) is 16.7 Å². The normalized spacial score (nSPS) is 13.5. The van der Waals surface area contributed by atoms with E-state index in [-0.39, 0.29) is 17.2 Å². The Balaban J connectivity index is 1.80. The van der Waals surface area contributed by atoms with Crippen molar-refractivity contribution in [1.82, 2.24) is 0 Å². The molecule has 0 aliphatic heterocycles. The fraction of sp³-hybridized carbons (Fsp3) is 0.200. The van der Waals surface area contributed by atoms with Crippen molar-refractivity contribution in [2.45, 2.75) is 26.2 Å². The molecule has 6 nitrogen and oxygen atoms in total. The van der Waals surface area contributed by atoms with Gasteiger partial charge in [0.15, 0.2) is 5.78 Å². The van der Waals surface area contributed by atoms with Gasteiger partial charge in [-0.2, -0.15) is 0 Å². The van der Waals surface area contributed by atoms with Gasteiger partial charge in [-0.25, -0.2) is 4.79 Å². The lowest BCUT2D eigenvalue weighted by Crippen LogP contribution is -2.16. The first-order valence-electron chi connectivity index (χ1n) is 8.26. The predicted molar refractivity (Wildman–Crippen MR) is 96.2 cm³/mol. The quantitative estimate of drug-likeness (QED) is 0.273. The third-order valence-corrected chi connectivity index (χ3v) is 4.32. The minimum Gasteiger partial charge on any atom is -0.423 e. The fourth-order valence-corrected chi connectivity index (χ4v) is 3.04. The third kappa shape index (κ3) is 3.69. The molecule has 0 atom stereocenters. The zero-order valence-corrected chi connectivity index (χ0v) is 14.2. The molecule has 0 unspecified atom stereocenters. The van der Waals surface area contributed by atoms with Gasteiger partial charge >= 0.3 is 5.97 Å². The Kier molecular flexibility index (Phi) is 4.93. The van der Waals surface area contributed by atoms with E-state index in [2.05, 4.69) is 0 Å². The Morgan fingerprint density at radius 2 is 2.04 bits per heavy atom. The summed E-state index contributed by atoms with van der Waals surface area (Å²) in [5.41, 5.74) is 2.90. The highest BCUT2D eigenvalue weighted by Gasteiger charge is 2.24. The zero-order valence-electron chi connectivity index (χ0n) is 14.2. The molecule has 0 N–H and O–H groups in total. The van der Waals surface area contributed by atoms with E-state index < -0.39 is 10.9 Å². The summed E-state index contributed by atoms with van der Waals surface area (Å²) in [5, 5.41) is 10.8. The zero-order chi connectivity index (χ0) is 18.7. The van der Waals surface area contributed by atoms with Gasteiger partial charge in [0.1, 0.15) is 5.75 Å². The molecule has 1 aliphatic carbocycles. The Bertz CT molecular complexity index is 930. The van der Waals surface area contributed by atoms with E-state index in [1.807, 2.05) is 13.0 Å². The van der Waals surface area contributed by atoms with E-state index in [1.165, 1.54) is 30.4 Å². The van der Waals surface area contributed by atoms with E-state index in [4.69, 9.17) is 4.74 Å². The van der Waals surface area contributed by atoms with Gasteiger partial charge in [-0.05, 0) is 48.6 Å². The van der Waals surface area contributed by atoms with E-state index in [1.54, 1.807) is 12.1 Å². The summed E-state index contributed by atoms with van der Waals surface area (Å²) in [7, 11) is 0. The number of ether oxygens (including phenoxy) is 1. The van der Waals surface area contributed by atoms with Crippen LogP contribution in [0.3, 0.4) is 0 Å². The van der Waals surface area contributed by atoms with Gasteiger partial charge < -0.3 is 4.74 Å². The molecule has 26 heavy (non-hydrogen) atoms. The van der Waals surface area contributed by atoms with Gasteiger partial charge in [-0.3, -0.25) is 14.9 Å². The average Bonchev–Trinajstić information content (AvgIpc) is 2.63. The number of nitrogens with zero attached hydrogens (tertiary/aromatic N) is 1. The number of esters is 1. The number of carbonyl (C=O) groups is 2. The number of ketones is 1. The second kappa shape index (κ2) is 7.31. The fourth-order valence-electron chi connectivity index (χ4n) is 3.04. The smallest absolute Gasteiger partial charge is 0.336 e. The topological polar surface area (TPSA) is 86.5 Å². The molecular weight excluding hydrogens is 334 g/mol. The number of nitro groups is 1. The van der Waals surface area contributed by atoms with Crippen LogP contribution in [-0.2, 0) is 11.2 Å². The van der Waals surface area contributed by atoms with Gasteiger partial charge in [-0.1, -0.05) is 18.2 Å². The molecule has 3 rings (SSSR count). The lowest BCUT2D eigenvalue weighted by atomic mass is 9.87. The van der Waals surface area contributed by atoms with E-state index in [9.17, 15) is 19.7 Å². The maximum absolute atomic E-state index is 12.2. The summed E-state index contributed by atoms with van der Waals surface area (Å²) in [6.07, 6.45) is 4.68. The maximum atomic E-state index is 12.2. The van der Waals surface area contributed by atoms with Crippen LogP contribution in [0.2, 0.25) is 0 Å². The number of Topliss-reactive ketones (excluding diaryl/α,β-unsaturated/α-hetero) is 1. The van der Waals surface area contributed by atoms with Crippen molar-refractivity contribution in [3.63, 3.8) is 0 Å². The third-order valence-electron chi connectivity index (χ3n) is 4.32.